The molecule has 4 aromatic rings. The molecule has 47 heavy (non-hydrogen) atoms. The van der Waals surface area contributed by atoms with Crippen LogP contribution in [0.4, 0.5) is 0 Å². The van der Waals surface area contributed by atoms with Gasteiger partial charge in [-0.1, -0.05) is 54.6 Å². The fourth-order valence-electron chi connectivity index (χ4n) is 5.60. The van der Waals surface area contributed by atoms with Crippen molar-refractivity contribution in [1.82, 2.24) is 9.55 Å². The van der Waals surface area contributed by atoms with E-state index in [9.17, 15) is 24.3 Å². The number of H-pyrrole nitrogens is 1. The van der Waals surface area contributed by atoms with E-state index < -0.39 is 47.4 Å². The number of hydrogen-bond donors (Lipinski definition) is 2. The third kappa shape index (κ3) is 7.19. The first-order valence-corrected chi connectivity index (χ1v) is 15.0. The molecule has 0 unspecified atom stereocenters. The van der Waals surface area contributed by atoms with Crippen molar-refractivity contribution in [2.45, 2.75) is 49.9 Å². The lowest BCUT2D eigenvalue weighted by Crippen LogP contribution is -2.41. The van der Waals surface area contributed by atoms with E-state index in [1.54, 1.807) is 14.2 Å². The van der Waals surface area contributed by atoms with Gasteiger partial charge in [0.2, 0.25) is 0 Å². The minimum Gasteiger partial charge on any atom is -0.497 e. The molecule has 1 aliphatic rings. The summed E-state index contributed by atoms with van der Waals surface area (Å²) in [6, 6.07) is 25.4. The van der Waals surface area contributed by atoms with Gasteiger partial charge >= 0.3 is 11.7 Å². The number of ether oxygens (including phenoxy) is 5. The van der Waals surface area contributed by atoms with Gasteiger partial charge in [-0.2, -0.15) is 0 Å². The number of nitrogens with one attached hydrogen (secondary N) is 1. The number of hydrogen-bond acceptors (Lipinski definition) is 10. The Kier molecular flexibility index (Phi) is 10.3. The maximum absolute atomic E-state index is 12.8. The molecule has 0 spiro atoms. The van der Waals surface area contributed by atoms with Crippen molar-refractivity contribution < 1.29 is 38.4 Å². The van der Waals surface area contributed by atoms with Gasteiger partial charge in [-0.15, -0.1) is 0 Å². The molecule has 12 nitrogen and oxygen atoms in total. The Morgan fingerprint density at radius 2 is 1.43 bits per heavy atom. The molecule has 3 aromatic carbocycles. The third-order valence-electron chi connectivity index (χ3n) is 8.02. The first-order chi connectivity index (χ1) is 22.7. The number of Topliss-reactive ketones (excluding diaryl/α,β-unsaturated/α-hetero) is 1. The Morgan fingerprint density at radius 1 is 0.851 bits per heavy atom. The van der Waals surface area contributed by atoms with E-state index in [1.807, 2.05) is 78.9 Å². The molecule has 2 N–H and O–H groups in total. The highest BCUT2D eigenvalue weighted by molar-refractivity contribution is 5.81. The maximum Gasteiger partial charge on any atom is 0.330 e. The average Bonchev–Trinajstić information content (AvgIpc) is 3.38. The Bertz CT molecular complexity index is 1740. The molecule has 5 rings (SSSR count). The van der Waals surface area contributed by atoms with Gasteiger partial charge in [0.25, 0.3) is 5.56 Å². The minimum absolute atomic E-state index is 0.0539. The van der Waals surface area contributed by atoms with Crippen LogP contribution >= 0.6 is 0 Å². The normalized spacial score (nSPS) is 19.2. The number of aliphatic hydroxyl groups excluding tert-OH is 1. The number of carbonyl (C=O) groups excluding carboxylic acids is 2. The van der Waals surface area contributed by atoms with E-state index in [1.165, 1.54) is 13.1 Å². The SMILES string of the molecule is COc1ccc(C(OC[C@H]2O[C@@H](n3ccc(=O)[nH]c3=O)[C@H](OC(=O)CCC(C)=O)[C@@H]2O)(c2ccccc2)c2ccc(OC)cc2)cc1. The average molecular weight is 645 g/mol. The van der Waals surface area contributed by atoms with Crippen LogP contribution in [0.15, 0.2) is 101 Å². The van der Waals surface area contributed by atoms with Gasteiger partial charge < -0.3 is 33.6 Å². The molecule has 0 bridgehead atoms. The molecular weight excluding hydrogens is 608 g/mol. The second-order valence-corrected chi connectivity index (χ2v) is 11.0. The first kappa shape index (κ1) is 33.3. The smallest absolute Gasteiger partial charge is 0.330 e. The molecule has 1 saturated heterocycles. The zero-order valence-electron chi connectivity index (χ0n) is 26.2. The second kappa shape index (κ2) is 14.6. The van der Waals surface area contributed by atoms with E-state index in [0.717, 1.165) is 27.3 Å². The number of esters is 1. The van der Waals surface area contributed by atoms with E-state index in [-0.39, 0.29) is 25.2 Å². The van der Waals surface area contributed by atoms with Crippen molar-refractivity contribution in [3.8, 4) is 11.5 Å². The fraction of sp³-hybridized carbons (Fsp3) is 0.314. The molecule has 0 aliphatic carbocycles. The predicted molar refractivity (Wildman–Crippen MR) is 169 cm³/mol. The van der Waals surface area contributed by atoms with E-state index in [0.29, 0.717) is 11.5 Å². The third-order valence-corrected chi connectivity index (χ3v) is 8.02. The standard InChI is InChI=1S/C35H36N2O10/c1-22(38)9-18-30(40)47-32-31(41)28(46-33(32)37-20-19-29(39)36-34(37)42)21-45-35(23-7-5-4-6-8-23,24-10-14-26(43-2)15-11-24)25-12-16-27(44-3)17-13-25/h4-8,10-17,19-20,28,31-33,41H,9,18,21H2,1-3H3,(H,36,39,42)/t28-,31-,32-,33-/m1/s1. The molecular formula is C35H36N2O10. The molecule has 1 aromatic heterocycles. The molecule has 0 radical (unpaired) electrons. The molecule has 2 heterocycles. The summed E-state index contributed by atoms with van der Waals surface area (Å²) >= 11 is 0. The summed E-state index contributed by atoms with van der Waals surface area (Å²) in [6.07, 6.45) is -4.32. The largest absolute Gasteiger partial charge is 0.497 e. The molecule has 12 heteroatoms. The van der Waals surface area contributed by atoms with Crippen molar-refractivity contribution in [3.63, 3.8) is 0 Å². The summed E-state index contributed by atoms with van der Waals surface area (Å²) in [5, 5.41) is 11.5. The molecule has 246 valence electrons. The number of benzene rings is 3. The number of nitrogens with zero attached hydrogens (tertiary/aromatic N) is 1. The predicted octanol–water partition coefficient (Wildman–Crippen LogP) is 3.10. The van der Waals surface area contributed by atoms with E-state index in [2.05, 4.69) is 4.98 Å². The van der Waals surface area contributed by atoms with Crippen LogP contribution < -0.4 is 20.7 Å². The quantitative estimate of drug-likeness (QED) is 0.164. The Hall–Kier alpha value is -5.04. The van der Waals surface area contributed by atoms with Crippen LogP contribution in [0.25, 0.3) is 0 Å². The number of aromatic amines is 1. The first-order valence-electron chi connectivity index (χ1n) is 15.0. The zero-order chi connectivity index (χ0) is 33.6. The lowest BCUT2D eigenvalue weighted by atomic mass is 9.80. The van der Waals surface area contributed by atoms with Gasteiger partial charge in [0.1, 0.15) is 35.1 Å². The van der Waals surface area contributed by atoms with E-state index >= 15 is 0 Å². The lowest BCUT2D eigenvalue weighted by molar-refractivity contribution is -0.159. The van der Waals surface area contributed by atoms with Crippen LogP contribution in [-0.4, -0.2) is 65.5 Å². The Labute approximate surface area is 270 Å². The number of methoxy groups -OCH3 is 2. The minimum atomic E-state index is -1.46. The van der Waals surface area contributed by atoms with Crippen molar-refractivity contribution in [2.75, 3.05) is 20.8 Å². The molecule has 4 atom stereocenters. The van der Waals surface area contributed by atoms with Crippen molar-refractivity contribution in [2.24, 2.45) is 0 Å². The fourth-order valence-corrected chi connectivity index (χ4v) is 5.60. The Morgan fingerprint density at radius 3 is 1.96 bits per heavy atom. The summed E-state index contributed by atoms with van der Waals surface area (Å²) in [7, 11) is 3.15. The van der Waals surface area contributed by atoms with Gasteiger partial charge in [-0.25, -0.2) is 4.79 Å². The number of aliphatic hydroxyl groups is 1. The van der Waals surface area contributed by atoms with Crippen molar-refractivity contribution in [1.29, 1.82) is 0 Å². The van der Waals surface area contributed by atoms with Crippen LogP contribution in [0, 0.1) is 0 Å². The van der Waals surface area contributed by atoms with Gasteiger partial charge in [-0.05, 0) is 47.9 Å². The van der Waals surface area contributed by atoms with Crippen LogP contribution in [0.1, 0.15) is 42.7 Å². The number of ketones is 1. The topological polar surface area (TPSA) is 155 Å². The van der Waals surface area contributed by atoms with Crippen molar-refractivity contribution >= 4 is 11.8 Å². The zero-order valence-corrected chi connectivity index (χ0v) is 26.2. The summed E-state index contributed by atoms with van der Waals surface area (Å²) in [4.78, 5) is 50.9. The Balaban J connectivity index is 1.55. The highest BCUT2D eigenvalue weighted by Gasteiger charge is 2.49. The molecule has 0 amide bonds. The maximum atomic E-state index is 12.8. The summed E-state index contributed by atoms with van der Waals surface area (Å²) in [5.41, 5.74) is -0.458. The summed E-state index contributed by atoms with van der Waals surface area (Å²) < 4.78 is 30.5. The number of carbonyl (C=O) groups is 2. The molecule has 0 saturated carbocycles. The summed E-state index contributed by atoms with van der Waals surface area (Å²) in [6.45, 7) is 1.12. The van der Waals surface area contributed by atoms with Crippen LogP contribution in [0.5, 0.6) is 11.5 Å². The molecule has 1 aliphatic heterocycles. The van der Waals surface area contributed by atoms with Crippen LogP contribution in [0.3, 0.4) is 0 Å². The van der Waals surface area contributed by atoms with Gasteiger partial charge in [0.05, 0.1) is 27.2 Å². The van der Waals surface area contributed by atoms with Crippen LogP contribution in [0.2, 0.25) is 0 Å². The van der Waals surface area contributed by atoms with Gasteiger partial charge in [-0.3, -0.25) is 19.1 Å². The number of rotatable bonds is 13. The van der Waals surface area contributed by atoms with Crippen LogP contribution in [-0.2, 0) is 29.4 Å². The molecule has 1 fully saturated rings. The van der Waals surface area contributed by atoms with Gasteiger partial charge in [0.15, 0.2) is 12.3 Å². The monoisotopic (exact) mass is 644 g/mol. The summed E-state index contributed by atoms with van der Waals surface area (Å²) in [5.74, 6) is 0.318. The lowest BCUT2D eigenvalue weighted by Gasteiger charge is -2.37. The van der Waals surface area contributed by atoms with Gasteiger partial charge in [0, 0.05) is 18.7 Å². The highest BCUT2D eigenvalue weighted by atomic mass is 16.6. The van der Waals surface area contributed by atoms with Crippen molar-refractivity contribution in [3.05, 3.63) is 129 Å². The van der Waals surface area contributed by atoms with E-state index in [4.69, 9.17) is 23.7 Å². The number of aromatic nitrogens is 2. The second-order valence-electron chi connectivity index (χ2n) is 11.0. The highest BCUT2D eigenvalue weighted by Crippen LogP contribution is 2.43.